The Kier molecular flexibility index (Phi) is 5.41. The van der Waals surface area contributed by atoms with E-state index in [0.29, 0.717) is 31.4 Å². The predicted octanol–water partition coefficient (Wildman–Crippen LogP) is 3.79. The summed E-state index contributed by atoms with van der Waals surface area (Å²) in [6, 6.07) is 8.49. The first-order chi connectivity index (χ1) is 13.2. The minimum atomic E-state index is -0.0398. The number of carbonyl (C=O) groups excluding carboxylic acids is 2. The zero-order valence-corrected chi connectivity index (χ0v) is 15.7. The molecule has 4 rings (SSSR count). The lowest BCUT2D eigenvalue weighted by Gasteiger charge is -2.25. The van der Waals surface area contributed by atoms with Crippen LogP contribution in [0.15, 0.2) is 24.3 Å². The van der Waals surface area contributed by atoms with Gasteiger partial charge in [0.2, 0.25) is 17.8 Å². The van der Waals surface area contributed by atoms with Crippen molar-refractivity contribution in [3.8, 4) is 0 Å². The Morgan fingerprint density at radius 1 is 1.15 bits per heavy atom. The van der Waals surface area contributed by atoms with Gasteiger partial charge in [0.1, 0.15) is 0 Å². The molecule has 6 nitrogen and oxygen atoms in total. The van der Waals surface area contributed by atoms with Gasteiger partial charge in [-0.05, 0) is 43.7 Å². The Bertz CT molecular complexity index is 823. The minimum Gasteiger partial charge on any atom is -0.356 e. The summed E-state index contributed by atoms with van der Waals surface area (Å²) in [6.45, 7) is 0.717. The second-order valence-electron chi connectivity index (χ2n) is 7.90. The standard InChI is InChI=1S/C21H28N4O2/c26-19-13-15(7-6-12-22-19)14-20(27)24-21-23-17-10-4-5-11-18(17)25(21)16-8-2-1-3-9-16/h4-5,10-11,15-16H,1-3,6-9,12-14H2,(H,22,26)(H,23,24,27). The largest absolute Gasteiger partial charge is 0.356 e. The first-order valence-electron chi connectivity index (χ1n) is 10.2. The third kappa shape index (κ3) is 4.15. The second-order valence-corrected chi connectivity index (χ2v) is 7.90. The number of anilines is 1. The summed E-state index contributed by atoms with van der Waals surface area (Å²) in [5, 5.41) is 5.94. The van der Waals surface area contributed by atoms with Crippen LogP contribution in [0.2, 0.25) is 0 Å². The molecule has 2 heterocycles. The van der Waals surface area contributed by atoms with Crippen molar-refractivity contribution in [2.45, 2.75) is 63.8 Å². The molecule has 1 saturated heterocycles. The smallest absolute Gasteiger partial charge is 0.226 e. The lowest BCUT2D eigenvalue weighted by Crippen LogP contribution is -2.24. The SMILES string of the molecule is O=C1CC(CC(=O)Nc2nc3ccccc3n2C2CCCCC2)CCCN1. The highest BCUT2D eigenvalue weighted by atomic mass is 16.2. The number of carbonyl (C=O) groups is 2. The summed E-state index contributed by atoms with van der Waals surface area (Å²) < 4.78 is 2.23. The third-order valence-corrected chi connectivity index (χ3v) is 5.85. The van der Waals surface area contributed by atoms with Crippen LogP contribution in [-0.4, -0.2) is 27.9 Å². The van der Waals surface area contributed by atoms with E-state index < -0.39 is 0 Å². The number of rotatable bonds is 4. The Hall–Kier alpha value is -2.37. The topological polar surface area (TPSA) is 76.0 Å². The van der Waals surface area contributed by atoms with E-state index in [2.05, 4.69) is 21.3 Å². The number of nitrogens with one attached hydrogen (secondary N) is 2. The number of nitrogens with zero attached hydrogens (tertiary/aromatic N) is 2. The number of fused-ring (bicyclic) bond motifs is 1. The molecule has 144 valence electrons. The van der Waals surface area contributed by atoms with E-state index in [1.807, 2.05) is 18.2 Å². The molecule has 1 aliphatic heterocycles. The minimum absolute atomic E-state index is 0.0398. The van der Waals surface area contributed by atoms with Crippen LogP contribution in [0.1, 0.15) is 63.8 Å². The first-order valence-corrected chi connectivity index (χ1v) is 10.2. The van der Waals surface area contributed by atoms with Gasteiger partial charge in [-0.1, -0.05) is 31.4 Å². The maximum atomic E-state index is 12.7. The van der Waals surface area contributed by atoms with Crippen molar-refractivity contribution in [1.29, 1.82) is 0 Å². The highest BCUT2D eigenvalue weighted by Crippen LogP contribution is 2.34. The molecular weight excluding hydrogens is 340 g/mol. The normalized spacial score (nSPS) is 21.6. The monoisotopic (exact) mass is 368 g/mol. The van der Waals surface area contributed by atoms with Gasteiger partial charge in [-0.2, -0.15) is 0 Å². The van der Waals surface area contributed by atoms with Crippen molar-refractivity contribution in [3.63, 3.8) is 0 Å². The van der Waals surface area contributed by atoms with E-state index in [1.54, 1.807) is 0 Å². The average Bonchev–Trinajstić information content (AvgIpc) is 2.90. The Labute approximate surface area is 159 Å². The molecular formula is C21H28N4O2. The van der Waals surface area contributed by atoms with Crippen LogP contribution in [0.5, 0.6) is 0 Å². The third-order valence-electron chi connectivity index (χ3n) is 5.85. The van der Waals surface area contributed by atoms with Crippen LogP contribution in [0.25, 0.3) is 11.0 Å². The van der Waals surface area contributed by atoms with Crippen molar-refractivity contribution in [1.82, 2.24) is 14.9 Å². The van der Waals surface area contributed by atoms with Crippen molar-refractivity contribution in [2.24, 2.45) is 5.92 Å². The first kappa shape index (κ1) is 18.0. The number of hydrogen-bond donors (Lipinski definition) is 2. The van der Waals surface area contributed by atoms with Gasteiger partial charge in [0.25, 0.3) is 0 Å². The fourth-order valence-electron chi connectivity index (χ4n) is 4.51. The van der Waals surface area contributed by atoms with E-state index in [1.165, 1.54) is 19.3 Å². The van der Waals surface area contributed by atoms with Crippen LogP contribution < -0.4 is 10.6 Å². The lowest BCUT2D eigenvalue weighted by molar-refractivity contribution is -0.122. The van der Waals surface area contributed by atoms with Crippen LogP contribution in [-0.2, 0) is 9.59 Å². The van der Waals surface area contributed by atoms with E-state index in [-0.39, 0.29) is 17.7 Å². The number of hydrogen-bond acceptors (Lipinski definition) is 3. The van der Waals surface area contributed by atoms with E-state index in [4.69, 9.17) is 4.98 Å². The van der Waals surface area contributed by atoms with Gasteiger partial charge < -0.3 is 9.88 Å². The molecule has 2 N–H and O–H groups in total. The molecule has 0 spiro atoms. The van der Waals surface area contributed by atoms with Gasteiger partial charge >= 0.3 is 0 Å². The van der Waals surface area contributed by atoms with Crippen LogP contribution in [0.3, 0.4) is 0 Å². The maximum Gasteiger partial charge on any atom is 0.226 e. The Balaban J connectivity index is 1.53. The molecule has 6 heteroatoms. The van der Waals surface area contributed by atoms with E-state index >= 15 is 0 Å². The molecule has 0 radical (unpaired) electrons. The molecule has 1 aromatic carbocycles. The van der Waals surface area contributed by atoms with Crippen molar-refractivity contribution < 1.29 is 9.59 Å². The van der Waals surface area contributed by atoms with Gasteiger partial charge in [-0.15, -0.1) is 0 Å². The summed E-state index contributed by atoms with van der Waals surface area (Å²) >= 11 is 0. The van der Waals surface area contributed by atoms with Gasteiger partial charge in [-0.3, -0.25) is 14.9 Å². The fraction of sp³-hybridized carbons (Fsp3) is 0.571. The van der Waals surface area contributed by atoms with Gasteiger partial charge in [-0.25, -0.2) is 4.98 Å². The number of para-hydroxylation sites is 2. The van der Waals surface area contributed by atoms with Crippen molar-refractivity contribution >= 4 is 28.8 Å². The molecule has 1 saturated carbocycles. The summed E-state index contributed by atoms with van der Waals surface area (Å²) in [6.07, 6.45) is 8.65. The molecule has 1 atom stereocenters. The van der Waals surface area contributed by atoms with Gasteiger partial charge in [0.05, 0.1) is 11.0 Å². The van der Waals surface area contributed by atoms with Gasteiger partial charge in [0.15, 0.2) is 0 Å². The Morgan fingerprint density at radius 2 is 1.96 bits per heavy atom. The second kappa shape index (κ2) is 8.11. The zero-order valence-electron chi connectivity index (χ0n) is 15.7. The number of aromatic nitrogens is 2. The van der Waals surface area contributed by atoms with Crippen LogP contribution in [0.4, 0.5) is 5.95 Å². The molecule has 2 amide bonds. The summed E-state index contributed by atoms with van der Waals surface area (Å²) in [4.78, 5) is 29.2. The van der Waals surface area contributed by atoms with Crippen molar-refractivity contribution in [2.75, 3.05) is 11.9 Å². The highest BCUT2D eigenvalue weighted by Gasteiger charge is 2.24. The average molecular weight is 368 g/mol. The van der Waals surface area contributed by atoms with E-state index in [9.17, 15) is 9.59 Å². The summed E-state index contributed by atoms with van der Waals surface area (Å²) in [5.74, 6) is 0.785. The summed E-state index contributed by atoms with van der Waals surface area (Å²) in [5.41, 5.74) is 2.01. The highest BCUT2D eigenvalue weighted by molar-refractivity contribution is 5.92. The molecule has 1 aromatic heterocycles. The molecule has 1 aliphatic carbocycles. The van der Waals surface area contributed by atoms with Crippen LogP contribution >= 0.6 is 0 Å². The van der Waals surface area contributed by atoms with Gasteiger partial charge in [0, 0.05) is 25.4 Å². The fourth-order valence-corrected chi connectivity index (χ4v) is 4.51. The number of benzene rings is 1. The molecule has 1 unspecified atom stereocenters. The number of amides is 2. The summed E-state index contributed by atoms with van der Waals surface area (Å²) in [7, 11) is 0. The molecule has 27 heavy (non-hydrogen) atoms. The quantitative estimate of drug-likeness (QED) is 0.862. The molecule has 0 bridgehead atoms. The predicted molar refractivity (Wildman–Crippen MR) is 105 cm³/mol. The zero-order chi connectivity index (χ0) is 18.6. The van der Waals surface area contributed by atoms with E-state index in [0.717, 1.165) is 36.7 Å². The number of imidazole rings is 1. The van der Waals surface area contributed by atoms with Crippen LogP contribution in [0, 0.1) is 5.92 Å². The molecule has 2 aliphatic rings. The Morgan fingerprint density at radius 3 is 2.81 bits per heavy atom. The lowest BCUT2D eigenvalue weighted by atomic mass is 9.95. The molecule has 2 fully saturated rings. The van der Waals surface area contributed by atoms with Crippen molar-refractivity contribution in [3.05, 3.63) is 24.3 Å². The maximum absolute atomic E-state index is 12.7. The molecule has 2 aromatic rings.